The predicted molar refractivity (Wildman–Crippen MR) is 159 cm³/mol. The van der Waals surface area contributed by atoms with Gasteiger partial charge < -0.3 is 14.4 Å². The number of rotatable bonds is 9. The number of hydrogen-bond donors (Lipinski definition) is 0. The van der Waals surface area contributed by atoms with Gasteiger partial charge in [0.2, 0.25) is 0 Å². The third kappa shape index (κ3) is 7.17. The van der Waals surface area contributed by atoms with Crippen molar-refractivity contribution in [2.45, 2.75) is 51.5 Å². The van der Waals surface area contributed by atoms with Crippen molar-refractivity contribution >= 4 is 29.4 Å². The number of carbonyl (C=O) groups is 3. The molecule has 0 bridgehead atoms. The zero-order chi connectivity index (χ0) is 29.9. The van der Waals surface area contributed by atoms with Gasteiger partial charge in [0.25, 0.3) is 0 Å². The zero-order valence-electron chi connectivity index (χ0n) is 24.3. The van der Waals surface area contributed by atoms with E-state index in [1.165, 1.54) is 31.2 Å². The topological polar surface area (TPSA) is 72.9 Å². The van der Waals surface area contributed by atoms with Gasteiger partial charge in [-0.2, -0.15) is 0 Å². The number of halogens is 1. The van der Waals surface area contributed by atoms with Crippen LogP contribution in [0.15, 0.2) is 65.6 Å². The van der Waals surface area contributed by atoms with Crippen LogP contribution in [0.1, 0.15) is 47.8 Å². The average molecular weight is 578 g/mol. The molecule has 41 heavy (non-hydrogen) atoms. The Hall–Kier alpha value is -3.65. The van der Waals surface area contributed by atoms with Crippen molar-refractivity contribution in [2.75, 3.05) is 19.3 Å². The molecule has 1 aliphatic heterocycles. The molecule has 4 rings (SSSR count). The number of carbonyl (C=O) groups excluding carboxylic acids is 3. The first kappa shape index (κ1) is 30.3. The summed E-state index contributed by atoms with van der Waals surface area (Å²) in [6, 6.07) is 16.8. The molecular formula is C33H36FNO5S. The molecule has 0 spiro atoms. The number of thioether (sulfide) groups is 1. The third-order valence-corrected chi connectivity index (χ3v) is 8.40. The fourth-order valence-electron chi connectivity index (χ4n) is 5.11. The maximum Gasteiger partial charge on any atom is 0.415 e. The molecule has 0 aromatic heterocycles. The van der Waals surface area contributed by atoms with Crippen LogP contribution in [0.2, 0.25) is 0 Å². The molecule has 216 valence electrons. The number of aryl methyl sites for hydroxylation is 2. The minimum Gasteiger partial charge on any atom is -0.480 e. The quantitative estimate of drug-likeness (QED) is 0.200. The van der Waals surface area contributed by atoms with E-state index >= 15 is 0 Å². The van der Waals surface area contributed by atoms with Crippen molar-refractivity contribution in [3.8, 4) is 11.5 Å². The molecule has 0 saturated carbocycles. The number of amides is 1. The molecule has 0 radical (unpaired) electrons. The molecule has 8 heteroatoms. The normalized spacial score (nSPS) is 16.9. The molecule has 1 amide bonds. The molecule has 0 N–H and O–H groups in total. The minimum atomic E-state index is -0.947. The minimum absolute atomic E-state index is 0.0173. The summed E-state index contributed by atoms with van der Waals surface area (Å²) in [6.45, 7) is 9.47. The standard InChI is InChI=1S/C33H36FNO5S/c1-20-15-23(16-21(2)31(20)40-33(4,5)22(3)36)17-25-18-35(32(38)39-27-11-9-26(34)10-12-27)19-29(25)30(37)24-7-13-28(41-6)14-8-24/h7-16,25,29H,17-19H2,1-6H3. The third-order valence-electron chi connectivity index (χ3n) is 7.65. The highest BCUT2D eigenvalue weighted by molar-refractivity contribution is 7.98. The number of ether oxygens (including phenoxy) is 2. The van der Waals surface area contributed by atoms with Crippen molar-refractivity contribution in [1.29, 1.82) is 0 Å². The monoisotopic (exact) mass is 577 g/mol. The van der Waals surface area contributed by atoms with Gasteiger partial charge in [0.1, 0.15) is 17.3 Å². The van der Waals surface area contributed by atoms with Gasteiger partial charge in [-0.15, -0.1) is 11.8 Å². The smallest absolute Gasteiger partial charge is 0.415 e. The molecule has 1 heterocycles. The van der Waals surface area contributed by atoms with Crippen molar-refractivity contribution in [3.05, 3.63) is 88.7 Å². The van der Waals surface area contributed by atoms with Crippen LogP contribution < -0.4 is 9.47 Å². The van der Waals surface area contributed by atoms with Gasteiger partial charge in [-0.3, -0.25) is 9.59 Å². The van der Waals surface area contributed by atoms with Gasteiger partial charge in [0, 0.05) is 29.5 Å². The highest BCUT2D eigenvalue weighted by Gasteiger charge is 2.40. The van der Waals surface area contributed by atoms with Crippen molar-refractivity contribution in [1.82, 2.24) is 4.90 Å². The number of Topliss-reactive ketones (excluding diaryl/α,β-unsaturated/α-hetero) is 2. The Morgan fingerprint density at radius 1 is 0.976 bits per heavy atom. The summed E-state index contributed by atoms with van der Waals surface area (Å²) in [5.41, 5.74) is 2.47. The molecule has 2 unspecified atom stereocenters. The Balaban J connectivity index is 1.59. The Bertz CT molecular complexity index is 1410. The fraction of sp³-hybridized carbons (Fsp3) is 0.364. The average Bonchev–Trinajstić information content (AvgIpc) is 3.35. The lowest BCUT2D eigenvalue weighted by molar-refractivity contribution is -0.129. The summed E-state index contributed by atoms with van der Waals surface area (Å²) in [5, 5.41) is 0. The number of likely N-dealkylation sites (tertiary alicyclic amines) is 1. The van der Waals surface area contributed by atoms with E-state index in [1.807, 2.05) is 56.5 Å². The second-order valence-corrected chi connectivity index (χ2v) is 12.0. The van der Waals surface area contributed by atoms with Crippen LogP contribution in [0.25, 0.3) is 0 Å². The Morgan fingerprint density at radius 2 is 1.59 bits per heavy atom. The largest absolute Gasteiger partial charge is 0.480 e. The van der Waals surface area contributed by atoms with Crippen LogP contribution in [0.3, 0.4) is 0 Å². The maximum absolute atomic E-state index is 13.7. The summed E-state index contributed by atoms with van der Waals surface area (Å²) in [4.78, 5) is 41.5. The first-order chi connectivity index (χ1) is 19.4. The summed E-state index contributed by atoms with van der Waals surface area (Å²) in [6.07, 6.45) is 1.98. The van der Waals surface area contributed by atoms with Gasteiger partial charge in [-0.1, -0.05) is 24.3 Å². The van der Waals surface area contributed by atoms with E-state index in [4.69, 9.17) is 9.47 Å². The van der Waals surface area contributed by atoms with Crippen LogP contribution in [-0.2, 0) is 11.2 Å². The Morgan fingerprint density at radius 3 is 2.15 bits per heavy atom. The number of benzene rings is 3. The highest BCUT2D eigenvalue weighted by atomic mass is 32.2. The van der Waals surface area contributed by atoms with E-state index in [1.54, 1.807) is 30.5 Å². The molecule has 2 atom stereocenters. The van der Waals surface area contributed by atoms with E-state index in [2.05, 4.69) is 0 Å². The molecule has 3 aromatic carbocycles. The molecule has 0 aliphatic carbocycles. The predicted octanol–water partition coefficient (Wildman–Crippen LogP) is 7.08. The molecular weight excluding hydrogens is 541 g/mol. The summed E-state index contributed by atoms with van der Waals surface area (Å²) in [5.74, 6) is -0.165. The Kier molecular flexibility index (Phi) is 9.22. The highest BCUT2D eigenvalue weighted by Crippen LogP contribution is 2.34. The molecule has 1 fully saturated rings. The van der Waals surface area contributed by atoms with Crippen LogP contribution in [-0.4, -0.2) is 47.5 Å². The second-order valence-electron chi connectivity index (χ2n) is 11.1. The van der Waals surface area contributed by atoms with E-state index in [-0.39, 0.29) is 29.8 Å². The molecule has 1 aliphatic rings. The van der Waals surface area contributed by atoms with Gasteiger partial charge in [-0.25, -0.2) is 9.18 Å². The summed E-state index contributed by atoms with van der Waals surface area (Å²) in [7, 11) is 0. The lowest BCUT2D eigenvalue weighted by Gasteiger charge is -2.26. The van der Waals surface area contributed by atoms with Gasteiger partial charge in [0.15, 0.2) is 17.2 Å². The van der Waals surface area contributed by atoms with Crippen LogP contribution in [0.4, 0.5) is 9.18 Å². The maximum atomic E-state index is 13.7. The van der Waals surface area contributed by atoms with Crippen molar-refractivity contribution in [2.24, 2.45) is 11.8 Å². The van der Waals surface area contributed by atoms with Crippen LogP contribution >= 0.6 is 11.8 Å². The van der Waals surface area contributed by atoms with Gasteiger partial charge >= 0.3 is 6.09 Å². The molecule has 3 aromatic rings. The van der Waals surface area contributed by atoms with Crippen LogP contribution in [0.5, 0.6) is 11.5 Å². The Labute approximate surface area is 245 Å². The van der Waals surface area contributed by atoms with Crippen molar-refractivity contribution in [3.63, 3.8) is 0 Å². The summed E-state index contributed by atoms with van der Waals surface area (Å²) < 4.78 is 24.9. The zero-order valence-corrected chi connectivity index (χ0v) is 25.1. The first-order valence-electron chi connectivity index (χ1n) is 13.6. The number of nitrogens with zero attached hydrogens (tertiary/aromatic N) is 1. The second kappa shape index (κ2) is 12.5. The summed E-state index contributed by atoms with van der Waals surface area (Å²) >= 11 is 1.61. The number of ketones is 2. The van der Waals surface area contributed by atoms with Gasteiger partial charge in [-0.05, 0) is 106 Å². The first-order valence-corrected chi connectivity index (χ1v) is 14.8. The van der Waals surface area contributed by atoms with E-state index < -0.39 is 23.4 Å². The van der Waals surface area contributed by atoms with Crippen molar-refractivity contribution < 1.29 is 28.2 Å². The molecule has 6 nitrogen and oxygen atoms in total. The van der Waals surface area contributed by atoms with E-state index in [0.717, 1.165) is 21.6 Å². The van der Waals surface area contributed by atoms with E-state index in [0.29, 0.717) is 24.3 Å². The van der Waals surface area contributed by atoms with E-state index in [9.17, 15) is 18.8 Å². The fourth-order valence-corrected chi connectivity index (χ4v) is 5.52. The lowest BCUT2D eigenvalue weighted by atomic mass is 9.84. The van der Waals surface area contributed by atoms with Crippen LogP contribution in [0, 0.1) is 31.5 Å². The lowest BCUT2D eigenvalue weighted by Crippen LogP contribution is -2.36. The molecule has 1 saturated heterocycles. The van der Waals surface area contributed by atoms with Gasteiger partial charge in [0.05, 0.1) is 0 Å². The number of hydrogen-bond acceptors (Lipinski definition) is 6. The SMILES string of the molecule is CSc1ccc(C(=O)C2CN(C(=O)Oc3ccc(F)cc3)CC2Cc2cc(C)c(OC(C)(C)C(C)=O)c(C)c2)cc1.